The van der Waals surface area contributed by atoms with Gasteiger partial charge in [-0.2, -0.15) is 0 Å². The first-order chi connectivity index (χ1) is 11.8. The van der Waals surface area contributed by atoms with Crippen molar-refractivity contribution in [3.8, 4) is 0 Å². The van der Waals surface area contributed by atoms with Crippen LogP contribution in [0.1, 0.15) is 17.0 Å². The lowest BCUT2D eigenvalue weighted by molar-refractivity contribution is 0.360. The molecule has 0 bridgehead atoms. The largest absolute Gasteiger partial charge is 0.304 e. The number of nitrogens with one attached hydrogen (secondary N) is 1. The van der Waals surface area contributed by atoms with Crippen LogP contribution in [0.2, 0.25) is 0 Å². The number of fused-ring (bicyclic) bond motifs is 1. The SMILES string of the molecule is Cc1cc(C)n2cc(CNSc3c(F)c(F)c(F)c(F)c3F)nc2c1. The molecule has 2 heterocycles. The van der Waals surface area contributed by atoms with Crippen molar-refractivity contribution in [3.63, 3.8) is 0 Å². The van der Waals surface area contributed by atoms with E-state index in [4.69, 9.17) is 0 Å². The smallest absolute Gasteiger partial charge is 0.200 e. The number of aromatic nitrogens is 2. The number of halogens is 5. The molecule has 0 saturated carbocycles. The molecule has 3 rings (SSSR count). The minimum Gasteiger partial charge on any atom is -0.304 e. The van der Waals surface area contributed by atoms with Gasteiger partial charge >= 0.3 is 0 Å². The number of pyridine rings is 1. The Morgan fingerprint density at radius 1 is 0.960 bits per heavy atom. The van der Waals surface area contributed by atoms with Crippen LogP contribution in [0.25, 0.3) is 5.65 Å². The van der Waals surface area contributed by atoms with Gasteiger partial charge < -0.3 is 4.40 Å². The van der Waals surface area contributed by atoms with Crippen molar-refractivity contribution in [2.45, 2.75) is 25.3 Å². The maximum absolute atomic E-state index is 13.6. The Balaban J connectivity index is 1.79. The summed E-state index contributed by atoms with van der Waals surface area (Å²) < 4.78 is 70.9. The average Bonchev–Trinajstić information content (AvgIpc) is 2.97. The van der Waals surface area contributed by atoms with Crippen molar-refractivity contribution >= 4 is 17.6 Å². The lowest BCUT2D eigenvalue weighted by Gasteiger charge is -2.07. The van der Waals surface area contributed by atoms with E-state index in [-0.39, 0.29) is 6.54 Å². The second-order valence-corrected chi connectivity index (χ2v) is 6.36. The highest BCUT2D eigenvalue weighted by Gasteiger charge is 2.26. The van der Waals surface area contributed by atoms with Crippen LogP contribution < -0.4 is 4.72 Å². The first-order valence-electron chi connectivity index (χ1n) is 7.16. The van der Waals surface area contributed by atoms with Gasteiger partial charge in [0, 0.05) is 11.9 Å². The summed E-state index contributed by atoms with van der Waals surface area (Å²) in [5, 5.41) is 0. The Labute approximate surface area is 144 Å². The molecule has 0 aliphatic heterocycles. The average molecular weight is 373 g/mol. The van der Waals surface area contributed by atoms with Crippen molar-refractivity contribution in [2.24, 2.45) is 0 Å². The van der Waals surface area contributed by atoms with Gasteiger partial charge in [0.25, 0.3) is 0 Å². The van der Waals surface area contributed by atoms with Crippen molar-refractivity contribution < 1.29 is 22.0 Å². The molecule has 0 aliphatic rings. The van der Waals surface area contributed by atoms with E-state index in [9.17, 15) is 22.0 Å². The zero-order valence-electron chi connectivity index (χ0n) is 13.1. The molecule has 9 heteroatoms. The van der Waals surface area contributed by atoms with E-state index >= 15 is 0 Å². The number of hydrogen-bond donors (Lipinski definition) is 1. The lowest BCUT2D eigenvalue weighted by Crippen LogP contribution is -2.09. The number of aryl methyl sites for hydroxylation is 2. The van der Waals surface area contributed by atoms with E-state index in [0.717, 1.165) is 11.3 Å². The Bertz CT molecular complexity index is 941. The van der Waals surface area contributed by atoms with Crippen LogP contribution in [0.3, 0.4) is 0 Å². The van der Waals surface area contributed by atoms with Crippen LogP contribution in [0.5, 0.6) is 0 Å². The van der Waals surface area contributed by atoms with E-state index in [2.05, 4.69) is 9.71 Å². The summed E-state index contributed by atoms with van der Waals surface area (Å²) in [4.78, 5) is 3.37. The molecule has 1 aromatic carbocycles. The zero-order valence-corrected chi connectivity index (χ0v) is 13.9. The number of rotatable bonds is 4. The number of benzene rings is 1. The van der Waals surface area contributed by atoms with E-state index in [0.29, 0.717) is 23.3 Å². The molecule has 0 fully saturated rings. The van der Waals surface area contributed by atoms with Crippen molar-refractivity contribution in [3.05, 3.63) is 64.4 Å². The topological polar surface area (TPSA) is 29.3 Å². The molecule has 0 amide bonds. The van der Waals surface area contributed by atoms with Crippen LogP contribution >= 0.6 is 11.9 Å². The van der Waals surface area contributed by atoms with Gasteiger partial charge in [-0.15, -0.1) is 0 Å². The zero-order chi connectivity index (χ0) is 18.3. The second-order valence-electron chi connectivity index (χ2n) is 5.46. The van der Waals surface area contributed by atoms with Gasteiger partial charge in [0.1, 0.15) is 10.5 Å². The first kappa shape index (κ1) is 17.7. The monoisotopic (exact) mass is 373 g/mol. The van der Waals surface area contributed by atoms with Gasteiger partial charge in [0.05, 0.1) is 12.2 Å². The van der Waals surface area contributed by atoms with Gasteiger partial charge in [0.15, 0.2) is 23.3 Å². The van der Waals surface area contributed by atoms with E-state index < -0.39 is 34.0 Å². The number of imidazole rings is 1. The first-order valence-corrected chi connectivity index (χ1v) is 7.97. The van der Waals surface area contributed by atoms with E-state index in [1.165, 1.54) is 0 Å². The minimum atomic E-state index is -2.18. The van der Waals surface area contributed by atoms with E-state index in [1.54, 1.807) is 6.20 Å². The Hall–Kier alpha value is -2.13. The minimum absolute atomic E-state index is 0.0737. The van der Waals surface area contributed by atoms with Crippen LogP contribution in [0.4, 0.5) is 22.0 Å². The lowest BCUT2D eigenvalue weighted by atomic mass is 10.2. The highest BCUT2D eigenvalue weighted by atomic mass is 32.2. The Kier molecular flexibility index (Phi) is 4.70. The molecule has 1 N–H and O–H groups in total. The summed E-state index contributed by atoms with van der Waals surface area (Å²) in [6.45, 7) is 3.91. The van der Waals surface area contributed by atoms with Crippen LogP contribution in [0, 0.1) is 42.9 Å². The fourth-order valence-corrected chi connectivity index (χ4v) is 3.14. The molecule has 0 unspecified atom stereocenters. The van der Waals surface area contributed by atoms with E-state index in [1.807, 2.05) is 30.4 Å². The second kappa shape index (κ2) is 6.64. The van der Waals surface area contributed by atoms with Crippen LogP contribution in [-0.2, 0) is 6.54 Å². The third kappa shape index (κ3) is 3.21. The maximum atomic E-state index is 13.6. The predicted octanol–water partition coefficient (Wildman–Crippen LogP) is 4.44. The summed E-state index contributed by atoms with van der Waals surface area (Å²) in [6, 6.07) is 3.84. The predicted molar refractivity (Wildman–Crippen MR) is 83.6 cm³/mol. The molecule has 0 atom stereocenters. The number of nitrogens with zero attached hydrogens (tertiary/aromatic N) is 2. The fraction of sp³-hybridized carbons (Fsp3) is 0.188. The van der Waals surface area contributed by atoms with Crippen molar-refractivity contribution in [2.75, 3.05) is 0 Å². The van der Waals surface area contributed by atoms with Gasteiger partial charge in [-0.3, -0.25) is 4.72 Å². The highest BCUT2D eigenvalue weighted by molar-refractivity contribution is 7.97. The Morgan fingerprint density at radius 2 is 1.56 bits per heavy atom. The molecule has 25 heavy (non-hydrogen) atoms. The summed E-state index contributed by atoms with van der Waals surface area (Å²) in [6.07, 6.45) is 1.73. The van der Waals surface area contributed by atoms with Gasteiger partial charge in [-0.1, -0.05) is 0 Å². The summed E-state index contributed by atoms with van der Waals surface area (Å²) in [5.41, 5.74) is 3.26. The van der Waals surface area contributed by atoms with Crippen molar-refractivity contribution in [1.82, 2.24) is 14.1 Å². The molecule has 132 valence electrons. The van der Waals surface area contributed by atoms with Crippen LogP contribution in [-0.4, -0.2) is 9.38 Å². The highest BCUT2D eigenvalue weighted by Crippen LogP contribution is 2.29. The molecule has 3 nitrogen and oxygen atoms in total. The fourth-order valence-electron chi connectivity index (χ4n) is 2.42. The van der Waals surface area contributed by atoms with Gasteiger partial charge in [0.2, 0.25) is 5.82 Å². The quantitative estimate of drug-likeness (QED) is 0.317. The Morgan fingerprint density at radius 3 is 2.20 bits per heavy atom. The molecule has 0 saturated heterocycles. The molecule has 3 aromatic rings. The standard InChI is InChI=1S/C16H12F5N3S/c1-7-3-8(2)24-6-9(23-10(24)4-7)5-22-25-16-14(20)12(18)11(17)13(19)15(16)21/h3-4,6,22H,5H2,1-2H3. The number of hydrogen-bond acceptors (Lipinski definition) is 3. The molecular formula is C16H12F5N3S. The van der Waals surface area contributed by atoms with Crippen LogP contribution in [0.15, 0.2) is 23.2 Å². The third-order valence-corrected chi connectivity index (χ3v) is 4.40. The van der Waals surface area contributed by atoms with Crippen molar-refractivity contribution in [1.29, 1.82) is 0 Å². The summed E-state index contributed by atoms with van der Waals surface area (Å²) in [7, 11) is 0. The molecule has 0 aliphatic carbocycles. The van der Waals surface area contributed by atoms with Gasteiger partial charge in [-0.25, -0.2) is 26.9 Å². The third-order valence-electron chi connectivity index (χ3n) is 3.55. The summed E-state index contributed by atoms with van der Waals surface area (Å²) in [5.74, 6) is -9.85. The molecular weight excluding hydrogens is 361 g/mol. The van der Waals surface area contributed by atoms with Gasteiger partial charge in [-0.05, 0) is 43.5 Å². The maximum Gasteiger partial charge on any atom is 0.200 e. The normalized spacial score (nSPS) is 11.5. The molecule has 0 spiro atoms. The summed E-state index contributed by atoms with van der Waals surface area (Å²) >= 11 is 0.327. The molecule has 2 aromatic heterocycles. The molecule has 0 radical (unpaired) electrons.